The molecule has 2 aromatic rings. The second-order valence-electron chi connectivity index (χ2n) is 5.60. The van der Waals surface area contributed by atoms with Crippen LogP contribution in [0.2, 0.25) is 0 Å². The van der Waals surface area contributed by atoms with Gasteiger partial charge in [0.2, 0.25) is 5.91 Å². The van der Waals surface area contributed by atoms with Crippen molar-refractivity contribution in [3.63, 3.8) is 0 Å². The molecule has 0 radical (unpaired) electrons. The smallest absolute Gasteiger partial charge is 0.243 e. The van der Waals surface area contributed by atoms with E-state index in [0.29, 0.717) is 6.61 Å². The molecule has 122 valence electrons. The summed E-state index contributed by atoms with van der Waals surface area (Å²) < 4.78 is 5.57. The lowest BCUT2D eigenvalue weighted by molar-refractivity contribution is -0.114. The number of ether oxygens (including phenoxy) is 1. The largest absolute Gasteiger partial charge is 0.494 e. The van der Waals surface area contributed by atoms with E-state index in [2.05, 4.69) is 23.6 Å². The highest BCUT2D eigenvalue weighted by molar-refractivity contribution is 5.94. The van der Waals surface area contributed by atoms with E-state index in [0.717, 1.165) is 29.1 Å². The Hall–Kier alpha value is -2.49. The number of rotatable bonds is 7. The SMILES string of the molecule is CCCOc1cccc(NC(=O)CNc2cc(C)ccc2C)c1. The van der Waals surface area contributed by atoms with E-state index < -0.39 is 0 Å². The first-order chi connectivity index (χ1) is 11.1. The van der Waals surface area contributed by atoms with Gasteiger partial charge in [-0.25, -0.2) is 0 Å². The third-order valence-electron chi connectivity index (χ3n) is 3.42. The second kappa shape index (κ2) is 8.22. The number of hydrogen-bond donors (Lipinski definition) is 2. The lowest BCUT2D eigenvalue weighted by atomic mass is 10.1. The van der Waals surface area contributed by atoms with Crippen molar-refractivity contribution in [2.75, 3.05) is 23.8 Å². The fourth-order valence-electron chi connectivity index (χ4n) is 2.19. The normalized spacial score (nSPS) is 10.2. The molecular formula is C19H24N2O2. The van der Waals surface area contributed by atoms with E-state index in [1.807, 2.05) is 50.2 Å². The molecule has 0 aliphatic heterocycles. The van der Waals surface area contributed by atoms with Gasteiger partial charge in [-0.05, 0) is 49.6 Å². The van der Waals surface area contributed by atoms with Crippen LogP contribution in [-0.2, 0) is 4.79 Å². The maximum atomic E-state index is 12.1. The van der Waals surface area contributed by atoms with Crippen molar-refractivity contribution in [2.45, 2.75) is 27.2 Å². The molecule has 0 aliphatic carbocycles. The molecule has 0 fully saturated rings. The molecule has 4 nitrogen and oxygen atoms in total. The predicted octanol–water partition coefficient (Wildman–Crippen LogP) is 4.14. The van der Waals surface area contributed by atoms with E-state index >= 15 is 0 Å². The highest BCUT2D eigenvalue weighted by Gasteiger charge is 2.05. The molecule has 2 rings (SSSR count). The summed E-state index contributed by atoms with van der Waals surface area (Å²) in [5.74, 6) is 0.686. The summed E-state index contributed by atoms with van der Waals surface area (Å²) in [5.41, 5.74) is 4.02. The predicted molar refractivity (Wildman–Crippen MR) is 95.3 cm³/mol. The Morgan fingerprint density at radius 2 is 1.96 bits per heavy atom. The van der Waals surface area contributed by atoms with Crippen LogP contribution < -0.4 is 15.4 Å². The third kappa shape index (κ3) is 5.33. The van der Waals surface area contributed by atoms with Gasteiger partial charge in [-0.2, -0.15) is 0 Å². The molecule has 1 amide bonds. The number of anilines is 2. The van der Waals surface area contributed by atoms with Crippen LogP contribution in [-0.4, -0.2) is 19.1 Å². The van der Waals surface area contributed by atoms with Crippen LogP contribution in [0.5, 0.6) is 5.75 Å². The standard InChI is InChI=1S/C19H24N2O2/c1-4-10-23-17-7-5-6-16(12-17)21-19(22)13-20-18-11-14(2)8-9-15(18)3/h5-9,11-12,20H,4,10,13H2,1-3H3,(H,21,22). The molecule has 0 unspecified atom stereocenters. The number of nitrogens with one attached hydrogen (secondary N) is 2. The van der Waals surface area contributed by atoms with E-state index in [1.165, 1.54) is 5.56 Å². The van der Waals surface area contributed by atoms with E-state index in [9.17, 15) is 4.79 Å². The average Bonchev–Trinajstić information content (AvgIpc) is 2.54. The lowest BCUT2D eigenvalue weighted by Crippen LogP contribution is -2.22. The second-order valence-corrected chi connectivity index (χ2v) is 5.60. The maximum Gasteiger partial charge on any atom is 0.243 e. The number of carbonyl (C=O) groups is 1. The monoisotopic (exact) mass is 312 g/mol. The Morgan fingerprint density at radius 1 is 1.13 bits per heavy atom. The van der Waals surface area contributed by atoms with Crippen molar-refractivity contribution in [1.82, 2.24) is 0 Å². The molecule has 4 heteroatoms. The van der Waals surface area contributed by atoms with Crippen molar-refractivity contribution >= 4 is 17.3 Å². The highest BCUT2D eigenvalue weighted by atomic mass is 16.5. The van der Waals surface area contributed by atoms with Crippen LogP contribution in [0.3, 0.4) is 0 Å². The van der Waals surface area contributed by atoms with Gasteiger partial charge in [0.05, 0.1) is 13.2 Å². The van der Waals surface area contributed by atoms with Crippen LogP contribution in [0.15, 0.2) is 42.5 Å². The van der Waals surface area contributed by atoms with E-state index in [1.54, 1.807) is 0 Å². The lowest BCUT2D eigenvalue weighted by Gasteiger charge is -2.11. The van der Waals surface area contributed by atoms with Crippen molar-refractivity contribution < 1.29 is 9.53 Å². The Kier molecular flexibility index (Phi) is 6.03. The highest BCUT2D eigenvalue weighted by Crippen LogP contribution is 2.18. The van der Waals surface area contributed by atoms with Crippen molar-refractivity contribution in [3.05, 3.63) is 53.6 Å². The number of benzene rings is 2. The van der Waals surface area contributed by atoms with Crippen LogP contribution in [0.4, 0.5) is 11.4 Å². The molecule has 23 heavy (non-hydrogen) atoms. The molecule has 0 aliphatic rings. The molecule has 0 saturated carbocycles. The summed E-state index contributed by atoms with van der Waals surface area (Å²) in [4.78, 5) is 12.1. The van der Waals surface area contributed by atoms with Crippen molar-refractivity contribution in [2.24, 2.45) is 0 Å². The first-order valence-electron chi connectivity index (χ1n) is 7.92. The van der Waals surface area contributed by atoms with Gasteiger partial charge in [0.15, 0.2) is 0 Å². The van der Waals surface area contributed by atoms with Gasteiger partial charge in [0, 0.05) is 17.4 Å². The van der Waals surface area contributed by atoms with Crippen LogP contribution in [0.1, 0.15) is 24.5 Å². The molecule has 0 atom stereocenters. The summed E-state index contributed by atoms with van der Waals surface area (Å²) in [7, 11) is 0. The van der Waals surface area contributed by atoms with Crippen molar-refractivity contribution in [1.29, 1.82) is 0 Å². The minimum absolute atomic E-state index is 0.0847. The minimum atomic E-state index is -0.0847. The first kappa shape index (κ1) is 16.9. The maximum absolute atomic E-state index is 12.1. The molecule has 0 aromatic heterocycles. The zero-order valence-electron chi connectivity index (χ0n) is 14.0. The minimum Gasteiger partial charge on any atom is -0.494 e. The fourth-order valence-corrected chi connectivity index (χ4v) is 2.19. The van der Waals surface area contributed by atoms with Gasteiger partial charge in [-0.15, -0.1) is 0 Å². The number of amides is 1. The Bertz CT molecular complexity index is 668. The summed E-state index contributed by atoms with van der Waals surface area (Å²) in [6.07, 6.45) is 0.955. The zero-order chi connectivity index (χ0) is 16.7. The molecule has 0 saturated heterocycles. The summed E-state index contributed by atoms with van der Waals surface area (Å²) in [6.45, 7) is 7.02. The third-order valence-corrected chi connectivity index (χ3v) is 3.42. The zero-order valence-corrected chi connectivity index (χ0v) is 14.0. The summed E-state index contributed by atoms with van der Waals surface area (Å²) >= 11 is 0. The Labute approximate surface area is 137 Å². The van der Waals surface area contributed by atoms with Gasteiger partial charge in [-0.3, -0.25) is 4.79 Å². The van der Waals surface area contributed by atoms with Crippen LogP contribution >= 0.6 is 0 Å². The topological polar surface area (TPSA) is 50.4 Å². The van der Waals surface area contributed by atoms with Gasteiger partial charge < -0.3 is 15.4 Å². The van der Waals surface area contributed by atoms with Gasteiger partial charge in [0.1, 0.15) is 5.75 Å². The quantitative estimate of drug-likeness (QED) is 0.808. The van der Waals surface area contributed by atoms with Gasteiger partial charge in [-0.1, -0.05) is 25.1 Å². The molecule has 2 aromatic carbocycles. The molecule has 2 N–H and O–H groups in total. The summed E-state index contributed by atoms with van der Waals surface area (Å²) in [5, 5.41) is 6.06. The molecule has 0 heterocycles. The molecule has 0 bridgehead atoms. The number of hydrogen-bond acceptors (Lipinski definition) is 3. The van der Waals surface area contributed by atoms with Gasteiger partial charge in [0.25, 0.3) is 0 Å². The van der Waals surface area contributed by atoms with Crippen molar-refractivity contribution in [3.8, 4) is 5.75 Å². The molecular weight excluding hydrogens is 288 g/mol. The Balaban J connectivity index is 1.90. The Morgan fingerprint density at radius 3 is 2.74 bits per heavy atom. The number of carbonyl (C=O) groups excluding carboxylic acids is 1. The number of aryl methyl sites for hydroxylation is 2. The van der Waals surface area contributed by atoms with Crippen LogP contribution in [0, 0.1) is 13.8 Å². The van der Waals surface area contributed by atoms with E-state index in [-0.39, 0.29) is 12.5 Å². The average molecular weight is 312 g/mol. The van der Waals surface area contributed by atoms with Gasteiger partial charge >= 0.3 is 0 Å². The molecule has 0 spiro atoms. The first-order valence-corrected chi connectivity index (χ1v) is 7.92. The fraction of sp³-hybridized carbons (Fsp3) is 0.316. The summed E-state index contributed by atoms with van der Waals surface area (Å²) in [6, 6.07) is 13.6. The van der Waals surface area contributed by atoms with Crippen LogP contribution in [0.25, 0.3) is 0 Å². The van der Waals surface area contributed by atoms with E-state index in [4.69, 9.17) is 4.74 Å².